The predicted molar refractivity (Wildman–Crippen MR) is 119 cm³/mol. The summed E-state index contributed by atoms with van der Waals surface area (Å²) in [5.41, 5.74) is 0.805. The van der Waals surface area contributed by atoms with Gasteiger partial charge in [0.1, 0.15) is 13.2 Å². The fourth-order valence-corrected chi connectivity index (χ4v) is 5.73. The summed E-state index contributed by atoms with van der Waals surface area (Å²) < 4.78 is 38.6. The molecule has 2 aromatic rings. The van der Waals surface area contributed by atoms with Crippen molar-refractivity contribution in [2.45, 2.75) is 9.79 Å². The molecule has 31 heavy (non-hydrogen) atoms. The summed E-state index contributed by atoms with van der Waals surface area (Å²) in [6, 6.07) is 12.4. The molecule has 2 aliphatic rings. The lowest BCUT2D eigenvalue weighted by atomic mass is 10.3. The third kappa shape index (κ3) is 4.98. The second-order valence-corrected chi connectivity index (χ2v) is 10.2. The number of benzene rings is 2. The SMILES string of the molecule is CSc1ccccc1NC(=O)C[NH+]1CCN(S(=O)(=O)c2ccc3c(c2)OCCO3)CC1. The Hall–Kier alpha value is -2.27. The Morgan fingerprint density at radius 1 is 1.10 bits per heavy atom. The van der Waals surface area contributed by atoms with E-state index >= 15 is 0 Å². The maximum absolute atomic E-state index is 13.1. The van der Waals surface area contributed by atoms with E-state index in [2.05, 4.69) is 5.32 Å². The second-order valence-electron chi connectivity index (χ2n) is 7.38. The number of anilines is 1. The Morgan fingerprint density at radius 3 is 2.55 bits per heavy atom. The third-order valence-corrected chi connectivity index (χ3v) is 8.06. The molecular formula is C21H26N3O5S2+. The van der Waals surface area contributed by atoms with E-state index in [1.807, 2.05) is 30.5 Å². The minimum Gasteiger partial charge on any atom is -0.486 e. The molecule has 0 radical (unpaired) electrons. The first-order chi connectivity index (χ1) is 15.0. The van der Waals surface area contributed by atoms with Crippen LogP contribution in [-0.2, 0) is 14.8 Å². The number of hydrogen-bond donors (Lipinski definition) is 2. The maximum Gasteiger partial charge on any atom is 0.279 e. The zero-order valence-electron chi connectivity index (χ0n) is 17.3. The molecule has 4 rings (SSSR count). The molecule has 0 unspecified atom stereocenters. The summed E-state index contributed by atoms with van der Waals surface area (Å²) in [5.74, 6) is 0.951. The number of nitrogens with one attached hydrogen (secondary N) is 2. The molecule has 0 bridgehead atoms. The van der Waals surface area contributed by atoms with E-state index in [9.17, 15) is 13.2 Å². The van der Waals surface area contributed by atoms with Gasteiger partial charge in [-0.05, 0) is 30.5 Å². The van der Waals surface area contributed by atoms with Crippen LogP contribution >= 0.6 is 11.8 Å². The molecule has 0 atom stereocenters. The van der Waals surface area contributed by atoms with Crippen molar-refractivity contribution in [3.05, 3.63) is 42.5 Å². The Balaban J connectivity index is 1.34. The standard InChI is InChI=1S/C21H25N3O5S2/c1-30-20-5-3-2-4-17(20)22-21(25)15-23-8-10-24(11-9-23)31(26,27)16-6-7-18-19(14-16)29-13-12-28-18/h2-7,14H,8-13,15H2,1H3,(H,22,25)/p+1. The highest BCUT2D eigenvalue weighted by atomic mass is 32.2. The number of carbonyl (C=O) groups is 1. The number of quaternary nitrogens is 1. The Morgan fingerprint density at radius 2 is 1.81 bits per heavy atom. The molecule has 0 aliphatic carbocycles. The normalized spacial score (nSPS) is 17.3. The van der Waals surface area contributed by atoms with Crippen LogP contribution in [0, 0.1) is 0 Å². The first kappa shape index (κ1) is 21.9. The van der Waals surface area contributed by atoms with Gasteiger partial charge in [0.2, 0.25) is 10.0 Å². The first-order valence-electron chi connectivity index (χ1n) is 10.1. The van der Waals surface area contributed by atoms with Gasteiger partial charge >= 0.3 is 0 Å². The van der Waals surface area contributed by atoms with Gasteiger partial charge in [0.15, 0.2) is 18.0 Å². The van der Waals surface area contributed by atoms with E-state index in [0.29, 0.717) is 57.4 Å². The molecule has 166 valence electrons. The molecule has 1 amide bonds. The minimum absolute atomic E-state index is 0.0698. The van der Waals surface area contributed by atoms with Crippen molar-refractivity contribution in [3.63, 3.8) is 0 Å². The topological polar surface area (TPSA) is 89.4 Å². The number of para-hydroxylation sites is 1. The summed E-state index contributed by atoms with van der Waals surface area (Å²) in [6.07, 6.45) is 1.97. The van der Waals surface area contributed by atoms with Crippen molar-refractivity contribution in [3.8, 4) is 11.5 Å². The molecule has 0 spiro atoms. The van der Waals surface area contributed by atoms with Crippen LogP contribution in [0.5, 0.6) is 11.5 Å². The quantitative estimate of drug-likeness (QED) is 0.612. The van der Waals surface area contributed by atoms with Crippen molar-refractivity contribution >= 4 is 33.4 Å². The van der Waals surface area contributed by atoms with Gasteiger partial charge in [-0.15, -0.1) is 11.8 Å². The van der Waals surface area contributed by atoms with Gasteiger partial charge in [0, 0.05) is 11.0 Å². The average molecular weight is 465 g/mol. The molecule has 2 aliphatic heterocycles. The average Bonchev–Trinajstić information content (AvgIpc) is 2.79. The van der Waals surface area contributed by atoms with Crippen LogP contribution in [0.4, 0.5) is 5.69 Å². The summed E-state index contributed by atoms with van der Waals surface area (Å²) in [4.78, 5) is 14.8. The molecule has 2 N–H and O–H groups in total. The van der Waals surface area contributed by atoms with Crippen LogP contribution < -0.4 is 19.7 Å². The van der Waals surface area contributed by atoms with Gasteiger partial charge in [-0.25, -0.2) is 8.42 Å². The fourth-order valence-electron chi connectivity index (χ4n) is 3.72. The lowest BCUT2D eigenvalue weighted by Crippen LogP contribution is -3.15. The summed E-state index contributed by atoms with van der Waals surface area (Å²) in [7, 11) is -3.62. The maximum atomic E-state index is 13.1. The minimum atomic E-state index is -3.62. The summed E-state index contributed by atoms with van der Waals surface area (Å²) in [6.45, 7) is 3.03. The highest BCUT2D eigenvalue weighted by Crippen LogP contribution is 2.33. The van der Waals surface area contributed by atoms with Crippen LogP contribution in [0.3, 0.4) is 0 Å². The zero-order valence-corrected chi connectivity index (χ0v) is 18.9. The number of amides is 1. The van der Waals surface area contributed by atoms with Crippen LogP contribution in [0.1, 0.15) is 0 Å². The lowest BCUT2D eigenvalue weighted by Gasteiger charge is -2.31. The number of carbonyl (C=O) groups excluding carboxylic acids is 1. The van der Waals surface area contributed by atoms with Crippen LogP contribution in [0.15, 0.2) is 52.3 Å². The van der Waals surface area contributed by atoms with Gasteiger partial charge in [-0.3, -0.25) is 4.79 Å². The molecule has 2 aromatic carbocycles. The van der Waals surface area contributed by atoms with E-state index in [1.54, 1.807) is 23.9 Å². The second kappa shape index (κ2) is 9.47. The summed E-state index contributed by atoms with van der Waals surface area (Å²) in [5, 5.41) is 2.97. The van der Waals surface area contributed by atoms with E-state index in [1.165, 1.54) is 10.4 Å². The van der Waals surface area contributed by atoms with Crippen LogP contribution in [0.25, 0.3) is 0 Å². The first-order valence-corrected chi connectivity index (χ1v) is 12.8. The Bertz CT molecular complexity index is 1050. The number of rotatable bonds is 6. The molecule has 0 saturated carbocycles. The number of nitrogens with zero attached hydrogens (tertiary/aromatic N) is 1. The van der Waals surface area contributed by atoms with Crippen molar-refractivity contribution in [1.29, 1.82) is 0 Å². The Kier molecular flexibility index (Phi) is 6.71. The molecule has 2 heterocycles. The van der Waals surface area contributed by atoms with Crippen LogP contribution in [0.2, 0.25) is 0 Å². The smallest absolute Gasteiger partial charge is 0.279 e. The Labute approximate surface area is 186 Å². The number of ether oxygens (including phenoxy) is 2. The monoisotopic (exact) mass is 464 g/mol. The van der Waals surface area contributed by atoms with E-state index < -0.39 is 10.0 Å². The van der Waals surface area contributed by atoms with E-state index in [0.717, 1.165) is 15.5 Å². The van der Waals surface area contributed by atoms with E-state index in [4.69, 9.17) is 9.47 Å². The van der Waals surface area contributed by atoms with Gasteiger partial charge in [0.25, 0.3) is 5.91 Å². The number of hydrogen-bond acceptors (Lipinski definition) is 6. The van der Waals surface area contributed by atoms with Gasteiger partial charge in [-0.1, -0.05) is 12.1 Å². The molecular weight excluding hydrogens is 438 g/mol. The van der Waals surface area contributed by atoms with Crippen molar-refractivity contribution in [2.75, 3.05) is 57.5 Å². The number of sulfonamides is 1. The van der Waals surface area contributed by atoms with Crippen molar-refractivity contribution < 1.29 is 27.6 Å². The predicted octanol–water partition coefficient (Wildman–Crippen LogP) is 0.708. The van der Waals surface area contributed by atoms with Crippen LogP contribution in [-0.4, -0.2) is 70.8 Å². The molecule has 1 fully saturated rings. The fraction of sp³-hybridized carbons (Fsp3) is 0.381. The highest BCUT2D eigenvalue weighted by molar-refractivity contribution is 7.98. The summed E-state index contributed by atoms with van der Waals surface area (Å²) >= 11 is 1.58. The third-order valence-electron chi connectivity index (χ3n) is 5.37. The van der Waals surface area contributed by atoms with Gasteiger partial charge in [-0.2, -0.15) is 4.31 Å². The van der Waals surface area contributed by atoms with Gasteiger partial charge < -0.3 is 19.7 Å². The number of thioether (sulfide) groups is 1. The lowest BCUT2D eigenvalue weighted by molar-refractivity contribution is -0.895. The van der Waals surface area contributed by atoms with Gasteiger partial charge in [0.05, 0.1) is 36.8 Å². The molecule has 0 aromatic heterocycles. The van der Waals surface area contributed by atoms with Crippen molar-refractivity contribution in [2.24, 2.45) is 0 Å². The zero-order chi connectivity index (χ0) is 21.8. The van der Waals surface area contributed by atoms with E-state index in [-0.39, 0.29) is 10.8 Å². The number of fused-ring (bicyclic) bond motifs is 1. The number of piperazine rings is 1. The highest BCUT2D eigenvalue weighted by Gasteiger charge is 2.32. The molecule has 10 heteroatoms. The van der Waals surface area contributed by atoms with Crippen molar-refractivity contribution in [1.82, 2.24) is 4.31 Å². The largest absolute Gasteiger partial charge is 0.486 e. The molecule has 1 saturated heterocycles. The molecule has 8 nitrogen and oxygen atoms in total.